The first-order valence-electron chi connectivity index (χ1n) is 9.58. The van der Waals surface area contributed by atoms with Gasteiger partial charge in [0, 0.05) is 18.8 Å². The van der Waals surface area contributed by atoms with Gasteiger partial charge in [-0.2, -0.15) is 0 Å². The van der Waals surface area contributed by atoms with E-state index in [-0.39, 0.29) is 6.04 Å². The number of hydrogen-bond acceptors (Lipinski definition) is 2. The molecular formula is C24H30N2. The van der Waals surface area contributed by atoms with Gasteiger partial charge in [0.1, 0.15) is 0 Å². The summed E-state index contributed by atoms with van der Waals surface area (Å²) in [5.74, 6) is 0.525. The Labute approximate surface area is 158 Å². The lowest BCUT2D eigenvalue weighted by atomic mass is 9.88. The van der Waals surface area contributed by atoms with Gasteiger partial charge in [-0.25, -0.2) is 0 Å². The van der Waals surface area contributed by atoms with E-state index in [0.717, 1.165) is 18.8 Å². The Morgan fingerprint density at radius 2 is 1.92 bits per heavy atom. The van der Waals surface area contributed by atoms with Gasteiger partial charge in [0.2, 0.25) is 0 Å². The quantitative estimate of drug-likeness (QED) is 0.758. The molecule has 3 rings (SSSR count). The summed E-state index contributed by atoms with van der Waals surface area (Å²) >= 11 is 0. The highest BCUT2D eigenvalue weighted by Crippen LogP contribution is 2.37. The zero-order valence-corrected chi connectivity index (χ0v) is 16.4. The Bertz CT molecular complexity index is 815. The molecule has 2 nitrogen and oxygen atoms in total. The van der Waals surface area contributed by atoms with Crippen molar-refractivity contribution in [2.24, 2.45) is 0 Å². The van der Waals surface area contributed by atoms with Crippen LogP contribution in [-0.4, -0.2) is 19.1 Å². The molecule has 2 aromatic carbocycles. The van der Waals surface area contributed by atoms with Gasteiger partial charge in [0.25, 0.3) is 0 Å². The number of likely N-dealkylation sites (N-methyl/N-ethyl adjacent to an activating group) is 1. The molecule has 0 fully saturated rings. The lowest BCUT2D eigenvalue weighted by Crippen LogP contribution is -2.33. The Morgan fingerprint density at radius 1 is 1.19 bits per heavy atom. The normalized spacial score (nSPS) is 17.0. The van der Waals surface area contributed by atoms with E-state index in [4.69, 9.17) is 0 Å². The van der Waals surface area contributed by atoms with Crippen molar-refractivity contribution in [3.05, 3.63) is 83.1 Å². The average Bonchev–Trinajstić information content (AvgIpc) is 3.07. The van der Waals surface area contributed by atoms with Crippen LogP contribution in [0.5, 0.6) is 0 Å². The molecule has 1 atom stereocenters. The second-order valence-electron chi connectivity index (χ2n) is 7.36. The number of aryl methyl sites for hydroxylation is 1. The third-order valence-electron chi connectivity index (χ3n) is 5.19. The van der Waals surface area contributed by atoms with E-state index in [1.807, 2.05) is 0 Å². The lowest BCUT2D eigenvalue weighted by Gasteiger charge is -2.20. The SMILES string of the molecule is C=C(NCC)C1NCC(c2cc(C(C)C)ccc2C)=C1c1ccccc1. The summed E-state index contributed by atoms with van der Waals surface area (Å²) < 4.78 is 0. The number of rotatable bonds is 6. The van der Waals surface area contributed by atoms with Gasteiger partial charge in [-0.1, -0.05) is 69.0 Å². The van der Waals surface area contributed by atoms with E-state index in [2.05, 4.69) is 93.4 Å². The van der Waals surface area contributed by atoms with Crippen molar-refractivity contribution in [1.29, 1.82) is 0 Å². The molecule has 0 aromatic heterocycles. The van der Waals surface area contributed by atoms with Crippen LogP contribution in [-0.2, 0) is 0 Å². The van der Waals surface area contributed by atoms with Gasteiger partial charge in [-0.05, 0) is 53.2 Å². The maximum atomic E-state index is 4.29. The van der Waals surface area contributed by atoms with E-state index in [1.165, 1.54) is 33.4 Å². The Morgan fingerprint density at radius 3 is 2.58 bits per heavy atom. The molecular weight excluding hydrogens is 316 g/mol. The summed E-state index contributed by atoms with van der Waals surface area (Å²) in [5.41, 5.74) is 9.12. The van der Waals surface area contributed by atoms with Crippen LogP contribution in [0.15, 0.2) is 60.8 Å². The fourth-order valence-corrected chi connectivity index (χ4v) is 3.72. The van der Waals surface area contributed by atoms with Crippen molar-refractivity contribution in [2.45, 2.75) is 39.7 Å². The highest BCUT2D eigenvalue weighted by atomic mass is 15.0. The third kappa shape index (κ3) is 3.61. The molecule has 0 aliphatic carbocycles. The van der Waals surface area contributed by atoms with Crippen LogP contribution >= 0.6 is 0 Å². The van der Waals surface area contributed by atoms with Crippen LogP contribution in [0.25, 0.3) is 11.1 Å². The molecule has 1 aliphatic heterocycles. The van der Waals surface area contributed by atoms with Crippen LogP contribution in [0.4, 0.5) is 0 Å². The highest BCUT2D eigenvalue weighted by molar-refractivity contribution is 5.98. The number of benzene rings is 2. The first-order chi connectivity index (χ1) is 12.5. The molecule has 26 heavy (non-hydrogen) atoms. The predicted octanol–water partition coefficient (Wildman–Crippen LogP) is 5.12. The van der Waals surface area contributed by atoms with E-state index in [1.54, 1.807) is 0 Å². The summed E-state index contributed by atoms with van der Waals surface area (Å²) in [5, 5.41) is 7.09. The summed E-state index contributed by atoms with van der Waals surface area (Å²) in [7, 11) is 0. The van der Waals surface area contributed by atoms with E-state index in [0.29, 0.717) is 5.92 Å². The molecule has 1 heterocycles. The molecule has 2 N–H and O–H groups in total. The van der Waals surface area contributed by atoms with Crippen LogP contribution < -0.4 is 10.6 Å². The summed E-state index contributed by atoms with van der Waals surface area (Å²) in [4.78, 5) is 0. The van der Waals surface area contributed by atoms with Crippen LogP contribution in [0, 0.1) is 6.92 Å². The first kappa shape index (κ1) is 18.5. The Kier molecular flexibility index (Phi) is 5.63. The molecule has 2 heteroatoms. The Hall–Kier alpha value is -2.32. The fraction of sp³-hybridized carbons (Fsp3) is 0.333. The summed E-state index contributed by atoms with van der Waals surface area (Å²) in [6, 6.07) is 17.7. The van der Waals surface area contributed by atoms with Crippen molar-refractivity contribution < 1.29 is 0 Å². The second kappa shape index (κ2) is 7.92. The van der Waals surface area contributed by atoms with Gasteiger partial charge in [0.05, 0.1) is 6.04 Å². The first-order valence-corrected chi connectivity index (χ1v) is 9.58. The molecule has 1 aliphatic rings. The average molecular weight is 347 g/mol. The largest absolute Gasteiger partial charge is 0.388 e. The molecule has 0 spiro atoms. The minimum atomic E-state index is 0.134. The molecule has 0 radical (unpaired) electrons. The highest BCUT2D eigenvalue weighted by Gasteiger charge is 2.29. The van der Waals surface area contributed by atoms with E-state index < -0.39 is 0 Å². The van der Waals surface area contributed by atoms with Gasteiger partial charge in [0.15, 0.2) is 0 Å². The maximum Gasteiger partial charge on any atom is 0.0731 e. The lowest BCUT2D eigenvalue weighted by molar-refractivity contribution is 0.689. The molecule has 2 aromatic rings. The van der Waals surface area contributed by atoms with E-state index >= 15 is 0 Å². The molecule has 0 saturated carbocycles. The monoisotopic (exact) mass is 346 g/mol. The van der Waals surface area contributed by atoms with Gasteiger partial charge in [-0.3, -0.25) is 0 Å². The molecule has 0 saturated heterocycles. The topological polar surface area (TPSA) is 24.1 Å². The minimum Gasteiger partial charge on any atom is -0.388 e. The molecule has 136 valence electrons. The zero-order valence-electron chi connectivity index (χ0n) is 16.4. The fourth-order valence-electron chi connectivity index (χ4n) is 3.72. The van der Waals surface area contributed by atoms with Crippen LogP contribution in [0.2, 0.25) is 0 Å². The standard InChI is InChI=1S/C24H30N2/c1-6-25-18(5)24-23(19-10-8-7-9-11-19)22(15-26-24)21-14-20(16(2)3)13-12-17(21)4/h7-14,16,24-26H,5-6,15H2,1-4H3. The van der Waals surface area contributed by atoms with Crippen molar-refractivity contribution in [2.75, 3.05) is 13.1 Å². The summed E-state index contributed by atoms with van der Waals surface area (Å²) in [6.45, 7) is 14.9. The number of hydrogen-bond donors (Lipinski definition) is 2. The molecule has 1 unspecified atom stereocenters. The van der Waals surface area contributed by atoms with Crippen LogP contribution in [0.3, 0.4) is 0 Å². The zero-order chi connectivity index (χ0) is 18.7. The third-order valence-corrected chi connectivity index (χ3v) is 5.19. The van der Waals surface area contributed by atoms with E-state index in [9.17, 15) is 0 Å². The van der Waals surface area contributed by atoms with Crippen molar-refractivity contribution in [3.8, 4) is 0 Å². The van der Waals surface area contributed by atoms with Gasteiger partial charge >= 0.3 is 0 Å². The predicted molar refractivity (Wildman–Crippen MR) is 113 cm³/mol. The molecule has 0 bridgehead atoms. The number of nitrogens with one attached hydrogen (secondary N) is 2. The van der Waals surface area contributed by atoms with Gasteiger partial charge in [-0.15, -0.1) is 0 Å². The smallest absolute Gasteiger partial charge is 0.0731 e. The molecule has 0 amide bonds. The van der Waals surface area contributed by atoms with Crippen molar-refractivity contribution in [3.63, 3.8) is 0 Å². The van der Waals surface area contributed by atoms with Gasteiger partial charge < -0.3 is 10.6 Å². The Balaban J connectivity index is 2.17. The van der Waals surface area contributed by atoms with Crippen LogP contribution in [0.1, 0.15) is 48.9 Å². The van der Waals surface area contributed by atoms with Crippen molar-refractivity contribution in [1.82, 2.24) is 10.6 Å². The maximum absolute atomic E-state index is 4.29. The van der Waals surface area contributed by atoms with Crippen molar-refractivity contribution >= 4 is 11.1 Å². The summed E-state index contributed by atoms with van der Waals surface area (Å²) in [6.07, 6.45) is 0. The second-order valence-corrected chi connectivity index (χ2v) is 7.36. The minimum absolute atomic E-state index is 0.134.